The van der Waals surface area contributed by atoms with Crippen molar-refractivity contribution >= 4 is 21.8 Å². The first kappa shape index (κ1) is 18.5. The lowest BCUT2D eigenvalue weighted by atomic mass is 10.2. The third-order valence-corrected chi connectivity index (χ3v) is 5.61. The summed E-state index contributed by atoms with van der Waals surface area (Å²) in [6, 6.07) is 4.49. The molecule has 134 valence electrons. The van der Waals surface area contributed by atoms with Gasteiger partial charge in [-0.05, 0) is 44.9 Å². The van der Waals surface area contributed by atoms with Crippen molar-refractivity contribution in [3.8, 4) is 5.75 Å². The molecule has 0 radical (unpaired) electrons. The third kappa shape index (κ3) is 4.39. The number of carbonyl (C=O) groups is 1. The molecule has 1 aliphatic rings. The minimum absolute atomic E-state index is 0.139. The van der Waals surface area contributed by atoms with Crippen LogP contribution in [-0.4, -0.2) is 45.1 Å². The predicted octanol–water partition coefficient (Wildman–Crippen LogP) is 2.83. The summed E-state index contributed by atoms with van der Waals surface area (Å²) < 4.78 is 37.3. The van der Waals surface area contributed by atoms with Gasteiger partial charge in [0, 0.05) is 13.1 Å². The lowest BCUT2D eigenvalue weighted by Gasteiger charge is -2.26. The molecule has 24 heavy (non-hydrogen) atoms. The molecule has 2 rings (SSSR count). The van der Waals surface area contributed by atoms with Crippen molar-refractivity contribution in [1.82, 2.24) is 4.31 Å². The minimum Gasteiger partial charge on any atom is -0.492 e. The van der Waals surface area contributed by atoms with E-state index in [9.17, 15) is 13.2 Å². The number of piperidine rings is 1. The number of nitrogens with one attached hydrogen (secondary N) is 1. The van der Waals surface area contributed by atoms with Crippen LogP contribution in [0.15, 0.2) is 23.1 Å². The van der Waals surface area contributed by atoms with Crippen molar-refractivity contribution in [2.24, 2.45) is 0 Å². The van der Waals surface area contributed by atoms with E-state index in [0.717, 1.165) is 19.3 Å². The molecule has 0 unspecified atom stereocenters. The van der Waals surface area contributed by atoms with Gasteiger partial charge in [0.1, 0.15) is 5.75 Å². The second-order valence-electron chi connectivity index (χ2n) is 5.40. The Kier molecular flexibility index (Phi) is 6.44. The number of nitrogens with zero attached hydrogens (tertiary/aromatic N) is 1. The van der Waals surface area contributed by atoms with E-state index in [0.29, 0.717) is 25.4 Å². The van der Waals surface area contributed by atoms with Gasteiger partial charge in [-0.25, -0.2) is 13.2 Å². The third-order valence-electron chi connectivity index (χ3n) is 3.72. The number of carbonyl (C=O) groups excluding carboxylic acids is 1. The van der Waals surface area contributed by atoms with E-state index in [2.05, 4.69) is 5.32 Å². The Morgan fingerprint density at radius 2 is 1.88 bits per heavy atom. The molecule has 0 aliphatic carbocycles. The Balaban J connectivity index is 2.31. The Morgan fingerprint density at radius 1 is 1.17 bits per heavy atom. The fourth-order valence-corrected chi connectivity index (χ4v) is 4.12. The Morgan fingerprint density at radius 3 is 2.50 bits per heavy atom. The van der Waals surface area contributed by atoms with Gasteiger partial charge >= 0.3 is 6.09 Å². The van der Waals surface area contributed by atoms with Crippen molar-refractivity contribution in [3.63, 3.8) is 0 Å². The monoisotopic (exact) mass is 356 g/mol. The van der Waals surface area contributed by atoms with E-state index < -0.39 is 16.1 Å². The van der Waals surface area contributed by atoms with Crippen LogP contribution in [0.25, 0.3) is 0 Å². The van der Waals surface area contributed by atoms with Crippen molar-refractivity contribution in [3.05, 3.63) is 18.2 Å². The van der Waals surface area contributed by atoms with Crippen LogP contribution in [0.4, 0.5) is 10.5 Å². The van der Waals surface area contributed by atoms with Gasteiger partial charge < -0.3 is 9.47 Å². The second-order valence-corrected chi connectivity index (χ2v) is 7.34. The number of rotatable bonds is 6. The fraction of sp³-hybridized carbons (Fsp3) is 0.562. The molecule has 0 saturated carbocycles. The molecule has 1 aromatic rings. The molecule has 1 fully saturated rings. The van der Waals surface area contributed by atoms with Crippen molar-refractivity contribution < 1.29 is 22.7 Å². The molecule has 1 heterocycles. The lowest BCUT2D eigenvalue weighted by molar-refractivity contribution is 0.167. The van der Waals surface area contributed by atoms with E-state index in [-0.39, 0.29) is 17.2 Å². The van der Waals surface area contributed by atoms with Gasteiger partial charge in [0.15, 0.2) is 0 Å². The van der Waals surface area contributed by atoms with Crippen LogP contribution in [-0.2, 0) is 14.8 Å². The molecule has 0 aromatic heterocycles. The SMILES string of the molecule is CCOC(=O)Nc1cc(S(=O)(=O)N2CCCCC2)ccc1OCC. The van der Waals surface area contributed by atoms with Gasteiger partial charge in [-0.15, -0.1) is 0 Å². The van der Waals surface area contributed by atoms with E-state index in [4.69, 9.17) is 9.47 Å². The number of amides is 1. The highest BCUT2D eigenvalue weighted by molar-refractivity contribution is 7.89. The molecule has 8 heteroatoms. The Hall–Kier alpha value is -1.80. The molecule has 1 saturated heterocycles. The van der Waals surface area contributed by atoms with Gasteiger partial charge in [0.2, 0.25) is 10.0 Å². The molecule has 0 spiro atoms. The average Bonchev–Trinajstić information content (AvgIpc) is 2.57. The summed E-state index contributed by atoms with van der Waals surface area (Å²) in [4.78, 5) is 11.8. The van der Waals surface area contributed by atoms with Crippen LogP contribution >= 0.6 is 0 Å². The normalized spacial score (nSPS) is 15.8. The first-order valence-electron chi connectivity index (χ1n) is 8.19. The fourth-order valence-electron chi connectivity index (χ4n) is 2.58. The smallest absolute Gasteiger partial charge is 0.411 e. The lowest BCUT2D eigenvalue weighted by Crippen LogP contribution is -2.35. The minimum atomic E-state index is -3.58. The highest BCUT2D eigenvalue weighted by atomic mass is 32.2. The molecule has 1 aromatic carbocycles. The number of anilines is 1. The van der Waals surface area contributed by atoms with Crippen LogP contribution in [0.3, 0.4) is 0 Å². The summed E-state index contributed by atoms with van der Waals surface area (Å²) in [5, 5.41) is 2.54. The largest absolute Gasteiger partial charge is 0.492 e. The van der Waals surface area contributed by atoms with Gasteiger partial charge in [0.05, 0.1) is 23.8 Å². The van der Waals surface area contributed by atoms with Gasteiger partial charge in [-0.3, -0.25) is 5.32 Å². The summed E-state index contributed by atoms with van der Waals surface area (Å²) >= 11 is 0. The maximum atomic E-state index is 12.8. The van der Waals surface area contributed by atoms with Crippen molar-refractivity contribution in [1.29, 1.82) is 0 Å². The van der Waals surface area contributed by atoms with Crippen molar-refractivity contribution in [2.45, 2.75) is 38.0 Å². The zero-order valence-electron chi connectivity index (χ0n) is 14.1. The maximum absolute atomic E-state index is 12.8. The standard InChI is InChI=1S/C16H24N2O5S/c1-3-22-15-9-8-13(12-14(15)17-16(19)23-4-2)24(20,21)18-10-6-5-7-11-18/h8-9,12H,3-7,10-11H2,1-2H3,(H,17,19). The van der Waals surface area contributed by atoms with Crippen LogP contribution < -0.4 is 10.1 Å². The number of sulfonamides is 1. The maximum Gasteiger partial charge on any atom is 0.411 e. The molecule has 1 amide bonds. The summed E-state index contributed by atoms with van der Waals surface area (Å²) in [5.41, 5.74) is 0.286. The van der Waals surface area contributed by atoms with Crippen molar-refractivity contribution in [2.75, 3.05) is 31.6 Å². The highest BCUT2D eigenvalue weighted by Crippen LogP contribution is 2.30. The number of ether oxygens (including phenoxy) is 2. The number of benzene rings is 1. The molecule has 1 N–H and O–H groups in total. The Bertz CT molecular complexity index is 669. The molecular formula is C16H24N2O5S. The quantitative estimate of drug-likeness (QED) is 0.847. The average molecular weight is 356 g/mol. The molecule has 0 atom stereocenters. The summed E-state index contributed by atoms with van der Waals surface area (Å²) in [5.74, 6) is 0.406. The summed E-state index contributed by atoms with van der Waals surface area (Å²) in [6.45, 7) is 5.18. The van der Waals surface area contributed by atoms with Crippen LogP contribution in [0.5, 0.6) is 5.75 Å². The number of hydrogen-bond donors (Lipinski definition) is 1. The Labute approximate surface area is 143 Å². The predicted molar refractivity (Wildman–Crippen MR) is 90.9 cm³/mol. The van der Waals surface area contributed by atoms with Crippen LogP contribution in [0.2, 0.25) is 0 Å². The zero-order valence-corrected chi connectivity index (χ0v) is 14.9. The van der Waals surface area contributed by atoms with Gasteiger partial charge in [0.25, 0.3) is 0 Å². The summed E-state index contributed by atoms with van der Waals surface area (Å²) in [7, 11) is -3.58. The van der Waals surface area contributed by atoms with E-state index in [1.165, 1.54) is 16.4 Å². The first-order valence-corrected chi connectivity index (χ1v) is 9.63. The van der Waals surface area contributed by atoms with E-state index >= 15 is 0 Å². The van der Waals surface area contributed by atoms with E-state index in [1.54, 1.807) is 13.0 Å². The molecule has 0 bridgehead atoms. The molecule has 7 nitrogen and oxygen atoms in total. The highest BCUT2D eigenvalue weighted by Gasteiger charge is 2.27. The molecule has 1 aliphatic heterocycles. The zero-order chi connectivity index (χ0) is 17.6. The number of hydrogen-bond acceptors (Lipinski definition) is 5. The van der Waals surface area contributed by atoms with Crippen LogP contribution in [0.1, 0.15) is 33.1 Å². The van der Waals surface area contributed by atoms with Gasteiger partial charge in [-0.2, -0.15) is 4.31 Å². The topological polar surface area (TPSA) is 84.9 Å². The first-order chi connectivity index (χ1) is 11.5. The summed E-state index contributed by atoms with van der Waals surface area (Å²) in [6.07, 6.45) is 2.13. The second kappa shape index (κ2) is 8.34. The van der Waals surface area contributed by atoms with Crippen LogP contribution in [0, 0.1) is 0 Å². The van der Waals surface area contributed by atoms with E-state index in [1.807, 2.05) is 6.92 Å². The van der Waals surface area contributed by atoms with Gasteiger partial charge in [-0.1, -0.05) is 6.42 Å². The molecular weight excluding hydrogens is 332 g/mol.